The predicted octanol–water partition coefficient (Wildman–Crippen LogP) is 2.79. The molecule has 1 fully saturated rings. The molecule has 0 radical (unpaired) electrons. The lowest BCUT2D eigenvalue weighted by Crippen LogP contribution is -2.32. The van der Waals surface area contributed by atoms with Gasteiger partial charge in [0.05, 0.1) is 0 Å². The van der Waals surface area contributed by atoms with Crippen LogP contribution in [0.2, 0.25) is 0 Å². The molecule has 1 heteroatoms. The first-order valence-electron chi connectivity index (χ1n) is 5.63. The summed E-state index contributed by atoms with van der Waals surface area (Å²) >= 11 is 0. The van der Waals surface area contributed by atoms with Crippen molar-refractivity contribution < 1.29 is 0 Å². The van der Waals surface area contributed by atoms with E-state index in [-0.39, 0.29) is 0 Å². The molecule has 1 aromatic rings. The van der Waals surface area contributed by atoms with E-state index in [9.17, 15) is 0 Å². The van der Waals surface area contributed by atoms with Gasteiger partial charge in [-0.3, -0.25) is 0 Å². The molecule has 0 saturated carbocycles. The minimum Gasteiger partial charge on any atom is -0.316 e. The monoisotopic (exact) mass is 189 g/mol. The molecule has 1 nitrogen and oxygen atoms in total. The van der Waals surface area contributed by atoms with Gasteiger partial charge in [-0.2, -0.15) is 0 Å². The molecule has 2 atom stereocenters. The Hall–Kier alpha value is -0.820. The fourth-order valence-electron chi connectivity index (χ4n) is 2.33. The molecule has 0 unspecified atom stereocenters. The quantitative estimate of drug-likeness (QED) is 0.754. The Morgan fingerprint density at radius 2 is 2.07 bits per heavy atom. The van der Waals surface area contributed by atoms with Crippen LogP contribution in [0.4, 0.5) is 0 Å². The predicted molar refractivity (Wildman–Crippen MR) is 60.5 cm³/mol. The Labute approximate surface area is 86.5 Å². The third-order valence-electron chi connectivity index (χ3n) is 3.37. The largest absolute Gasteiger partial charge is 0.316 e. The first kappa shape index (κ1) is 9.72. The summed E-state index contributed by atoms with van der Waals surface area (Å²) in [6.07, 6.45) is 2.71. The lowest BCUT2D eigenvalue weighted by atomic mass is 9.83. The summed E-state index contributed by atoms with van der Waals surface area (Å²) in [5.41, 5.74) is 1.49. The van der Waals surface area contributed by atoms with E-state index in [1.807, 2.05) is 0 Å². The Kier molecular flexibility index (Phi) is 3.20. The van der Waals surface area contributed by atoms with Crippen molar-refractivity contribution in [2.24, 2.45) is 5.92 Å². The van der Waals surface area contributed by atoms with Crippen molar-refractivity contribution in [2.45, 2.75) is 25.7 Å². The maximum atomic E-state index is 3.49. The number of piperidine rings is 1. The first-order valence-corrected chi connectivity index (χ1v) is 5.63. The van der Waals surface area contributed by atoms with Gasteiger partial charge in [-0.25, -0.2) is 0 Å². The SMILES string of the molecule is C[C@@H](c1ccccc1)[C@H]1CCCNC1. The zero-order chi connectivity index (χ0) is 9.80. The van der Waals surface area contributed by atoms with Gasteiger partial charge in [0.1, 0.15) is 0 Å². The second-order valence-corrected chi connectivity index (χ2v) is 4.31. The topological polar surface area (TPSA) is 12.0 Å². The molecule has 0 amide bonds. The van der Waals surface area contributed by atoms with Crippen LogP contribution in [0.15, 0.2) is 30.3 Å². The van der Waals surface area contributed by atoms with E-state index in [4.69, 9.17) is 0 Å². The zero-order valence-electron chi connectivity index (χ0n) is 8.87. The molecule has 1 aromatic carbocycles. The van der Waals surface area contributed by atoms with E-state index in [0.717, 1.165) is 5.92 Å². The average molecular weight is 189 g/mol. The molecule has 1 aliphatic heterocycles. The van der Waals surface area contributed by atoms with Gasteiger partial charge < -0.3 is 5.32 Å². The number of nitrogens with one attached hydrogen (secondary N) is 1. The summed E-state index contributed by atoms with van der Waals surface area (Å²) in [6.45, 7) is 4.75. The third-order valence-corrected chi connectivity index (χ3v) is 3.37. The Balaban J connectivity index is 2.03. The molecule has 76 valence electrons. The second kappa shape index (κ2) is 4.61. The summed E-state index contributed by atoms with van der Waals surface area (Å²) in [5.74, 6) is 1.52. The van der Waals surface area contributed by atoms with E-state index >= 15 is 0 Å². The fourth-order valence-corrected chi connectivity index (χ4v) is 2.33. The van der Waals surface area contributed by atoms with Crippen molar-refractivity contribution in [3.8, 4) is 0 Å². The molecular weight excluding hydrogens is 170 g/mol. The molecule has 0 bridgehead atoms. The van der Waals surface area contributed by atoms with Crippen LogP contribution >= 0.6 is 0 Å². The lowest BCUT2D eigenvalue weighted by Gasteiger charge is -2.28. The molecule has 14 heavy (non-hydrogen) atoms. The van der Waals surface area contributed by atoms with Crippen LogP contribution in [0.1, 0.15) is 31.2 Å². The van der Waals surface area contributed by atoms with Gasteiger partial charge >= 0.3 is 0 Å². The molecule has 0 aliphatic carbocycles. The maximum absolute atomic E-state index is 3.49. The highest BCUT2D eigenvalue weighted by Crippen LogP contribution is 2.28. The van der Waals surface area contributed by atoms with Crippen molar-refractivity contribution in [3.05, 3.63) is 35.9 Å². The normalized spacial score (nSPS) is 24.5. The standard InChI is InChI=1S/C13H19N/c1-11(12-6-3-2-4-7-12)13-8-5-9-14-10-13/h2-4,6-7,11,13-14H,5,8-10H2,1H3/t11-,13-/m0/s1. The minimum atomic E-state index is 0.698. The Morgan fingerprint density at radius 3 is 2.71 bits per heavy atom. The average Bonchev–Trinajstić information content (AvgIpc) is 2.30. The van der Waals surface area contributed by atoms with Gasteiger partial charge in [-0.05, 0) is 43.3 Å². The summed E-state index contributed by atoms with van der Waals surface area (Å²) < 4.78 is 0. The van der Waals surface area contributed by atoms with Crippen molar-refractivity contribution in [3.63, 3.8) is 0 Å². The Morgan fingerprint density at radius 1 is 1.29 bits per heavy atom. The highest BCUT2D eigenvalue weighted by atomic mass is 14.9. The highest BCUT2D eigenvalue weighted by molar-refractivity contribution is 5.19. The van der Waals surface area contributed by atoms with E-state index in [0.29, 0.717) is 5.92 Å². The lowest BCUT2D eigenvalue weighted by molar-refractivity contribution is 0.334. The van der Waals surface area contributed by atoms with Crippen LogP contribution in [0.3, 0.4) is 0 Å². The molecule has 1 N–H and O–H groups in total. The van der Waals surface area contributed by atoms with Gasteiger partial charge in [0.25, 0.3) is 0 Å². The summed E-state index contributed by atoms with van der Waals surface area (Å²) in [4.78, 5) is 0. The van der Waals surface area contributed by atoms with Crippen LogP contribution < -0.4 is 5.32 Å². The van der Waals surface area contributed by atoms with Crippen LogP contribution in [-0.4, -0.2) is 13.1 Å². The van der Waals surface area contributed by atoms with Crippen LogP contribution in [0.5, 0.6) is 0 Å². The molecule has 0 spiro atoms. The van der Waals surface area contributed by atoms with Gasteiger partial charge in [0, 0.05) is 0 Å². The zero-order valence-corrected chi connectivity index (χ0v) is 8.87. The van der Waals surface area contributed by atoms with E-state index < -0.39 is 0 Å². The minimum absolute atomic E-state index is 0.698. The van der Waals surface area contributed by atoms with Gasteiger partial charge in [-0.1, -0.05) is 37.3 Å². The van der Waals surface area contributed by atoms with Crippen LogP contribution in [0.25, 0.3) is 0 Å². The first-order chi connectivity index (χ1) is 6.88. The van der Waals surface area contributed by atoms with Crippen molar-refractivity contribution in [1.29, 1.82) is 0 Å². The fraction of sp³-hybridized carbons (Fsp3) is 0.538. The van der Waals surface area contributed by atoms with Crippen molar-refractivity contribution >= 4 is 0 Å². The smallest absolute Gasteiger partial charge is 0.00148 e. The van der Waals surface area contributed by atoms with E-state index in [2.05, 4.69) is 42.6 Å². The summed E-state index contributed by atoms with van der Waals surface area (Å²) in [6, 6.07) is 10.9. The van der Waals surface area contributed by atoms with Crippen molar-refractivity contribution in [1.82, 2.24) is 5.32 Å². The van der Waals surface area contributed by atoms with Crippen LogP contribution in [0, 0.1) is 5.92 Å². The van der Waals surface area contributed by atoms with Gasteiger partial charge in [-0.15, -0.1) is 0 Å². The van der Waals surface area contributed by atoms with Crippen LogP contribution in [-0.2, 0) is 0 Å². The molecular formula is C13H19N. The molecule has 1 saturated heterocycles. The number of rotatable bonds is 2. The number of benzene rings is 1. The molecule has 1 heterocycles. The number of hydrogen-bond donors (Lipinski definition) is 1. The maximum Gasteiger partial charge on any atom is -0.00148 e. The summed E-state index contributed by atoms with van der Waals surface area (Å²) in [5, 5.41) is 3.49. The Bertz CT molecular complexity index is 262. The van der Waals surface area contributed by atoms with E-state index in [1.165, 1.54) is 31.5 Å². The molecule has 0 aromatic heterocycles. The highest BCUT2D eigenvalue weighted by Gasteiger charge is 2.20. The van der Waals surface area contributed by atoms with Crippen molar-refractivity contribution in [2.75, 3.05) is 13.1 Å². The van der Waals surface area contributed by atoms with Gasteiger partial charge in [0.15, 0.2) is 0 Å². The molecule has 2 rings (SSSR count). The van der Waals surface area contributed by atoms with E-state index in [1.54, 1.807) is 0 Å². The van der Waals surface area contributed by atoms with Gasteiger partial charge in [0.2, 0.25) is 0 Å². The third kappa shape index (κ3) is 2.16. The molecule has 1 aliphatic rings. The summed E-state index contributed by atoms with van der Waals surface area (Å²) in [7, 11) is 0. The number of hydrogen-bond acceptors (Lipinski definition) is 1. The second-order valence-electron chi connectivity index (χ2n) is 4.31.